The lowest BCUT2D eigenvalue weighted by Crippen LogP contribution is -2.45. The molecule has 0 aliphatic carbocycles. The Labute approximate surface area is 141 Å². The fourth-order valence-electron chi connectivity index (χ4n) is 2.00. The van der Waals surface area contributed by atoms with E-state index in [-0.39, 0.29) is 12.4 Å². The number of amides is 2. The average Bonchev–Trinajstić information content (AvgIpc) is 3.18. The van der Waals surface area contributed by atoms with Crippen LogP contribution in [0.2, 0.25) is 0 Å². The lowest BCUT2D eigenvalue weighted by atomic mass is 10.2. The molecule has 2 heterocycles. The predicted octanol–water partition coefficient (Wildman–Crippen LogP) is 0.424. The topological polar surface area (TPSA) is 116 Å². The second-order valence-electron chi connectivity index (χ2n) is 4.95. The highest BCUT2D eigenvalue weighted by Crippen LogP contribution is 2.31. The number of para-hydroxylation sites is 2. The Hall–Kier alpha value is -3.49. The molecule has 0 unspecified atom stereocenters. The van der Waals surface area contributed by atoms with Crippen molar-refractivity contribution in [1.29, 1.82) is 0 Å². The second-order valence-corrected chi connectivity index (χ2v) is 4.95. The van der Waals surface area contributed by atoms with Crippen molar-refractivity contribution < 1.29 is 33.0 Å². The number of hydrogen-bond acceptors (Lipinski definition) is 7. The molecule has 3 rings (SSSR count). The molecule has 1 aromatic heterocycles. The van der Waals surface area contributed by atoms with Gasteiger partial charge in [0.15, 0.2) is 23.9 Å². The minimum atomic E-state index is -0.972. The van der Waals surface area contributed by atoms with Crippen molar-refractivity contribution in [3.05, 3.63) is 48.4 Å². The number of carbonyl (C=O) groups excluding carboxylic acids is 3. The number of ether oxygens (including phenoxy) is 3. The SMILES string of the molecule is O=C(COC(=O)[C@@H]1COc2ccccc2O1)NNC(=O)c1ccco1. The summed E-state index contributed by atoms with van der Waals surface area (Å²) in [4.78, 5) is 35.1. The monoisotopic (exact) mass is 346 g/mol. The normalized spacial score (nSPS) is 15.1. The summed E-state index contributed by atoms with van der Waals surface area (Å²) in [6.07, 6.45) is 0.350. The number of hydrogen-bond donors (Lipinski definition) is 2. The molecule has 0 spiro atoms. The van der Waals surface area contributed by atoms with Gasteiger partial charge in [-0.25, -0.2) is 4.79 Å². The summed E-state index contributed by atoms with van der Waals surface area (Å²) in [5.41, 5.74) is 4.22. The quantitative estimate of drug-likeness (QED) is 0.609. The molecule has 0 saturated carbocycles. The van der Waals surface area contributed by atoms with Gasteiger partial charge in [-0.3, -0.25) is 20.4 Å². The number of furan rings is 1. The highest BCUT2D eigenvalue weighted by atomic mass is 16.6. The minimum absolute atomic E-state index is 0.0211. The average molecular weight is 346 g/mol. The van der Waals surface area contributed by atoms with Crippen molar-refractivity contribution in [1.82, 2.24) is 10.9 Å². The van der Waals surface area contributed by atoms with Crippen LogP contribution in [0, 0.1) is 0 Å². The number of nitrogens with one attached hydrogen (secondary N) is 2. The summed E-state index contributed by atoms with van der Waals surface area (Å²) in [5, 5.41) is 0. The van der Waals surface area contributed by atoms with Gasteiger partial charge in [0.25, 0.3) is 5.91 Å². The second kappa shape index (κ2) is 7.39. The molecule has 9 nitrogen and oxygen atoms in total. The molecule has 2 aromatic rings. The third kappa shape index (κ3) is 4.08. The Bertz CT molecular complexity index is 773. The van der Waals surface area contributed by atoms with Gasteiger partial charge in [-0.05, 0) is 24.3 Å². The van der Waals surface area contributed by atoms with Crippen LogP contribution in [-0.4, -0.2) is 37.1 Å². The van der Waals surface area contributed by atoms with Crippen molar-refractivity contribution in [2.24, 2.45) is 0 Å². The van der Waals surface area contributed by atoms with Crippen molar-refractivity contribution in [3.63, 3.8) is 0 Å². The molecule has 2 N–H and O–H groups in total. The highest BCUT2D eigenvalue weighted by Gasteiger charge is 2.29. The smallest absolute Gasteiger partial charge is 0.351 e. The van der Waals surface area contributed by atoms with Gasteiger partial charge >= 0.3 is 11.9 Å². The standard InChI is InChI=1S/C16H14N2O7/c19-14(17-18-15(20)12-6-3-7-22-12)9-24-16(21)13-8-23-10-4-1-2-5-11(10)25-13/h1-7,13H,8-9H2,(H,17,19)(H,18,20)/t13-/m0/s1. The molecule has 9 heteroatoms. The van der Waals surface area contributed by atoms with Crippen LogP contribution in [0.3, 0.4) is 0 Å². The third-order valence-electron chi connectivity index (χ3n) is 3.18. The van der Waals surface area contributed by atoms with Crippen molar-refractivity contribution in [3.8, 4) is 11.5 Å². The first-order valence-electron chi connectivity index (χ1n) is 7.31. The first-order chi connectivity index (χ1) is 12.1. The Balaban J connectivity index is 1.42. The van der Waals surface area contributed by atoms with Gasteiger partial charge in [0.05, 0.1) is 6.26 Å². The van der Waals surface area contributed by atoms with E-state index >= 15 is 0 Å². The fourth-order valence-corrected chi connectivity index (χ4v) is 2.00. The number of benzene rings is 1. The number of carbonyl (C=O) groups is 3. The minimum Gasteiger partial charge on any atom is -0.485 e. The Morgan fingerprint density at radius 2 is 1.88 bits per heavy atom. The Morgan fingerprint density at radius 3 is 2.64 bits per heavy atom. The van der Waals surface area contributed by atoms with E-state index in [2.05, 4.69) is 10.9 Å². The predicted molar refractivity (Wildman–Crippen MR) is 81.6 cm³/mol. The van der Waals surface area contributed by atoms with Crippen LogP contribution in [0.25, 0.3) is 0 Å². The van der Waals surface area contributed by atoms with E-state index in [0.717, 1.165) is 0 Å². The molecule has 2 amide bonds. The molecule has 1 aliphatic rings. The maximum absolute atomic E-state index is 11.9. The van der Waals surface area contributed by atoms with Gasteiger partial charge in [0.1, 0.15) is 6.61 Å². The van der Waals surface area contributed by atoms with Gasteiger partial charge in [0.2, 0.25) is 6.10 Å². The Kier molecular flexibility index (Phi) is 4.84. The summed E-state index contributed by atoms with van der Waals surface area (Å²) < 4.78 is 20.6. The van der Waals surface area contributed by atoms with E-state index in [1.165, 1.54) is 18.4 Å². The number of esters is 1. The zero-order valence-electron chi connectivity index (χ0n) is 12.9. The van der Waals surface area contributed by atoms with Crippen LogP contribution in [0.15, 0.2) is 47.1 Å². The lowest BCUT2D eigenvalue weighted by molar-refractivity contribution is -0.157. The molecule has 130 valence electrons. The summed E-state index contributed by atoms with van der Waals surface area (Å²) in [6, 6.07) is 9.85. The van der Waals surface area contributed by atoms with Crippen LogP contribution in [0.1, 0.15) is 10.6 Å². The van der Waals surface area contributed by atoms with E-state index in [1.807, 2.05) is 0 Å². The van der Waals surface area contributed by atoms with Gasteiger partial charge in [-0.1, -0.05) is 12.1 Å². The van der Waals surface area contributed by atoms with Crippen LogP contribution in [0.5, 0.6) is 11.5 Å². The van der Waals surface area contributed by atoms with Gasteiger partial charge in [-0.2, -0.15) is 0 Å². The maximum Gasteiger partial charge on any atom is 0.351 e. The third-order valence-corrected chi connectivity index (χ3v) is 3.18. The molecule has 25 heavy (non-hydrogen) atoms. The molecule has 0 bridgehead atoms. The van der Waals surface area contributed by atoms with E-state index in [9.17, 15) is 14.4 Å². The molecule has 1 atom stereocenters. The lowest BCUT2D eigenvalue weighted by Gasteiger charge is -2.24. The van der Waals surface area contributed by atoms with Gasteiger partial charge in [0, 0.05) is 0 Å². The molecular formula is C16H14N2O7. The molecule has 1 aromatic carbocycles. The van der Waals surface area contributed by atoms with Crippen molar-refractivity contribution in [2.75, 3.05) is 13.2 Å². The van der Waals surface area contributed by atoms with E-state index < -0.39 is 30.5 Å². The van der Waals surface area contributed by atoms with E-state index in [1.54, 1.807) is 24.3 Å². The summed E-state index contributed by atoms with van der Waals surface area (Å²) in [5.74, 6) is -1.11. The molecule has 0 fully saturated rings. The van der Waals surface area contributed by atoms with Crippen LogP contribution in [0.4, 0.5) is 0 Å². The molecule has 0 radical (unpaired) electrons. The van der Waals surface area contributed by atoms with Gasteiger partial charge < -0.3 is 18.6 Å². The van der Waals surface area contributed by atoms with Crippen LogP contribution in [-0.2, 0) is 14.3 Å². The summed E-state index contributed by atoms with van der Waals surface area (Å²) >= 11 is 0. The highest BCUT2D eigenvalue weighted by molar-refractivity contribution is 5.93. The first-order valence-corrected chi connectivity index (χ1v) is 7.31. The molecule has 0 saturated heterocycles. The summed E-state index contributed by atoms with van der Waals surface area (Å²) in [7, 11) is 0. The van der Waals surface area contributed by atoms with Crippen molar-refractivity contribution >= 4 is 17.8 Å². The summed E-state index contributed by atoms with van der Waals surface area (Å²) in [6.45, 7) is -0.606. The molecular weight excluding hydrogens is 332 g/mol. The van der Waals surface area contributed by atoms with E-state index in [0.29, 0.717) is 11.5 Å². The van der Waals surface area contributed by atoms with Gasteiger partial charge in [-0.15, -0.1) is 0 Å². The maximum atomic E-state index is 11.9. The van der Waals surface area contributed by atoms with Crippen LogP contribution < -0.4 is 20.3 Å². The zero-order chi connectivity index (χ0) is 17.6. The van der Waals surface area contributed by atoms with Crippen LogP contribution >= 0.6 is 0 Å². The zero-order valence-corrected chi connectivity index (χ0v) is 12.9. The number of fused-ring (bicyclic) bond motifs is 1. The number of rotatable bonds is 4. The fraction of sp³-hybridized carbons (Fsp3) is 0.188. The molecule has 1 aliphatic heterocycles. The largest absolute Gasteiger partial charge is 0.485 e. The van der Waals surface area contributed by atoms with Crippen molar-refractivity contribution in [2.45, 2.75) is 6.10 Å². The van der Waals surface area contributed by atoms with E-state index in [4.69, 9.17) is 18.6 Å². The first kappa shape index (κ1) is 16.4. The Morgan fingerprint density at radius 1 is 1.08 bits per heavy atom. The number of hydrazine groups is 1.